The molecule has 0 aliphatic carbocycles. The highest BCUT2D eigenvalue weighted by Crippen LogP contribution is 2.38. The quantitative estimate of drug-likeness (QED) is 0.828. The molecule has 3 rings (SSSR count). The average Bonchev–Trinajstić information content (AvgIpc) is 2.97. The second kappa shape index (κ2) is 5.77. The van der Waals surface area contributed by atoms with Crippen LogP contribution in [0.3, 0.4) is 0 Å². The lowest BCUT2D eigenvalue weighted by Gasteiger charge is -2.24. The minimum atomic E-state index is -1.38. The summed E-state index contributed by atoms with van der Waals surface area (Å²) >= 11 is 3.33. The summed E-state index contributed by atoms with van der Waals surface area (Å²) in [5.41, 5.74) is -1.08. The maximum absolute atomic E-state index is 12.4. The fraction of sp³-hybridized carbons (Fsp3) is 0.429. The van der Waals surface area contributed by atoms with Crippen molar-refractivity contribution in [1.29, 1.82) is 0 Å². The standard InChI is InChI=1S/C14H14BrNO6/c15-9-5-8(6-10-11(9)22-4-3-21-10)12(17)16-14(13(18)19)1-2-20-7-14/h5-6H,1-4,7H2,(H,16,17)(H,18,19). The predicted octanol–water partition coefficient (Wildman–Crippen LogP) is 1.19. The first-order valence-electron chi connectivity index (χ1n) is 6.75. The Labute approximate surface area is 134 Å². The molecular formula is C14H14BrNO6. The summed E-state index contributed by atoms with van der Waals surface area (Å²) < 4.78 is 16.6. The molecule has 0 bridgehead atoms. The van der Waals surface area contributed by atoms with Crippen molar-refractivity contribution >= 4 is 27.8 Å². The lowest BCUT2D eigenvalue weighted by Crippen LogP contribution is -2.55. The fourth-order valence-corrected chi connectivity index (χ4v) is 2.97. The van der Waals surface area contributed by atoms with Crippen molar-refractivity contribution in [3.8, 4) is 11.5 Å². The summed E-state index contributed by atoms with van der Waals surface area (Å²) in [4.78, 5) is 23.8. The minimum Gasteiger partial charge on any atom is -0.486 e. The number of carbonyl (C=O) groups is 2. The number of carboxylic acids is 1. The van der Waals surface area contributed by atoms with Gasteiger partial charge in [0, 0.05) is 18.6 Å². The predicted molar refractivity (Wildman–Crippen MR) is 78.4 cm³/mol. The van der Waals surface area contributed by atoms with Gasteiger partial charge in [0.05, 0.1) is 11.1 Å². The first-order chi connectivity index (χ1) is 10.5. The first-order valence-corrected chi connectivity index (χ1v) is 7.54. The number of carbonyl (C=O) groups excluding carboxylic acids is 1. The molecule has 1 unspecified atom stereocenters. The molecule has 0 aromatic heterocycles. The van der Waals surface area contributed by atoms with E-state index in [4.69, 9.17) is 14.2 Å². The van der Waals surface area contributed by atoms with Gasteiger partial charge >= 0.3 is 5.97 Å². The van der Waals surface area contributed by atoms with Gasteiger partial charge in [-0.15, -0.1) is 0 Å². The monoisotopic (exact) mass is 371 g/mol. The fourth-order valence-electron chi connectivity index (χ4n) is 2.42. The summed E-state index contributed by atoms with van der Waals surface area (Å²) in [6.07, 6.45) is 0.236. The molecule has 2 aliphatic heterocycles. The molecule has 1 saturated heterocycles. The molecule has 118 valence electrons. The molecule has 1 aromatic rings. The Bertz CT molecular complexity index is 626. The molecule has 8 heteroatoms. The van der Waals surface area contributed by atoms with Crippen LogP contribution in [0.15, 0.2) is 16.6 Å². The van der Waals surface area contributed by atoms with E-state index < -0.39 is 17.4 Å². The van der Waals surface area contributed by atoms with Crippen LogP contribution in [-0.4, -0.2) is 48.9 Å². The van der Waals surface area contributed by atoms with Gasteiger partial charge in [0.25, 0.3) is 5.91 Å². The van der Waals surface area contributed by atoms with Crippen LogP contribution in [0.5, 0.6) is 11.5 Å². The van der Waals surface area contributed by atoms with Gasteiger partial charge in [0.15, 0.2) is 17.0 Å². The second-order valence-electron chi connectivity index (χ2n) is 5.13. The van der Waals surface area contributed by atoms with Crippen LogP contribution in [0.2, 0.25) is 0 Å². The van der Waals surface area contributed by atoms with Crippen molar-refractivity contribution in [2.45, 2.75) is 12.0 Å². The van der Waals surface area contributed by atoms with E-state index >= 15 is 0 Å². The van der Waals surface area contributed by atoms with Gasteiger partial charge in [0.2, 0.25) is 0 Å². The molecule has 0 spiro atoms. The molecule has 1 amide bonds. The third-order valence-corrected chi connectivity index (χ3v) is 4.23. The maximum atomic E-state index is 12.4. The molecule has 0 radical (unpaired) electrons. The zero-order valence-electron chi connectivity index (χ0n) is 11.6. The molecule has 1 atom stereocenters. The number of hydrogen-bond acceptors (Lipinski definition) is 5. The Morgan fingerprint density at radius 1 is 1.23 bits per heavy atom. The summed E-state index contributed by atoms with van der Waals surface area (Å²) in [5.74, 6) is -0.599. The van der Waals surface area contributed by atoms with E-state index in [2.05, 4.69) is 21.2 Å². The Morgan fingerprint density at radius 2 is 2.00 bits per heavy atom. The zero-order valence-corrected chi connectivity index (χ0v) is 13.1. The van der Waals surface area contributed by atoms with Crippen LogP contribution in [0, 0.1) is 0 Å². The van der Waals surface area contributed by atoms with Gasteiger partial charge < -0.3 is 24.6 Å². The van der Waals surface area contributed by atoms with E-state index in [1.54, 1.807) is 12.1 Å². The lowest BCUT2D eigenvalue weighted by atomic mass is 9.98. The molecule has 2 aliphatic rings. The van der Waals surface area contributed by atoms with Crippen molar-refractivity contribution in [3.05, 3.63) is 22.2 Å². The van der Waals surface area contributed by atoms with Crippen LogP contribution in [0.4, 0.5) is 0 Å². The second-order valence-corrected chi connectivity index (χ2v) is 5.98. The molecule has 0 saturated carbocycles. The van der Waals surface area contributed by atoms with Gasteiger partial charge in [-0.25, -0.2) is 4.79 Å². The van der Waals surface area contributed by atoms with Crippen LogP contribution in [-0.2, 0) is 9.53 Å². The normalized spacial score (nSPS) is 23.1. The Balaban J connectivity index is 1.86. The van der Waals surface area contributed by atoms with E-state index in [0.29, 0.717) is 41.4 Å². The van der Waals surface area contributed by atoms with E-state index in [1.807, 2.05) is 0 Å². The van der Waals surface area contributed by atoms with Crippen molar-refractivity contribution < 1.29 is 28.9 Å². The highest BCUT2D eigenvalue weighted by molar-refractivity contribution is 9.10. The van der Waals surface area contributed by atoms with Crippen molar-refractivity contribution in [2.24, 2.45) is 0 Å². The molecular weight excluding hydrogens is 358 g/mol. The number of aliphatic carboxylic acids is 1. The van der Waals surface area contributed by atoms with Crippen LogP contribution >= 0.6 is 15.9 Å². The molecule has 1 aromatic carbocycles. The minimum absolute atomic E-state index is 0.0419. The summed E-state index contributed by atoms with van der Waals surface area (Å²) in [5, 5.41) is 11.9. The van der Waals surface area contributed by atoms with Gasteiger partial charge in [-0.1, -0.05) is 0 Å². The largest absolute Gasteiger partial charge is 0.486 e. The van der Waals surface area contributed by atoms with Crippen molar-refractivity contribution in [2.75, 3.05) is 26.4 Å². The summed E-state index contributed by atoms with van der Waals surface area (Å²) in [6.45, 7) is 1.10. The van der Waals surface area contributed by atoms with Gasteiger partial charge in [-0.05, 0) is 28.1 Å². The van der Waals surface area contributed by atoms with Crippen molar-refractivity contribution in [3.63, 3.8) is 0 Å². The SMILES string of the molecule is O=C(NC1(C(=O)O)CCOC1)c1cc(Br)c2c(c1)OCCO2. The van der Waals surface area contributed by atoms with E-state index in [0.717, 1.165) is 0 Å². The third kappa shape index (κ3) is 2.64. The number of benzene rings is 1. The molecule has 22 heavy (non-hydrogen) atoms. The topological polar surface area (TPSA) is 94.1 Å². The number of rotatable bonds is 3. The number of fused-ring (bicyclic) bond motifs is 1. The molecule has 2 N–H and O–H groups in total. The van der Waals surface area contributed by atoms with Gasteiger partial charge in [-0.2, -0.15) is 0 Å². The van der Waals surface area contributed by atoms with Crippen molar-refractivity contribution in [1.82, 2.24) is 5.32 Å². The third-order valence-electron chi connectivity index (χ3n) is 3.64. The van der Waals surface area contributed by atoms with Crippen LogP contribution < -0.4 is 14.8 Å². The number of amides is 1. The first kappa shape index (κ1) is 15.1. The van der Waals surface area contributed by atoms with Crippen LogP contribution in [0.1, 0.15) is 16.8 Å². The Morgan fingerprint density at radius 3 is 2.68 bits per heavy atom. The van der Waals surface area contributed by atoms with Gasteiger partial charge in [-0.3, -0.25) is 4.79 Å². The number of hydrogen-bond donors (Lipinski definition) is 2. The van der Waals surface area contributed by atoms with Crippen LogP contribution in [0.25, 0.3) is 0 Å². The maximum Gasteiger partial charge on any atom is 0.331 e. The molecule has 1 fully saturated rings. The number of halogens is 1. The van der Waals surface area contributed by atoms with E-state index in [9.17, 15) is 14.7 Å². The number of ether oxygens (including phenoxy) is 3. The highest BCUT2D eigenvalue weighted by atomic mass is 79.9. The summed E-state index contributed by atoms with van der Waals surface area (Å²) in [7, 11) is 0. The Hall–Kier alpha value is -1.80. The summed E-state index contributed by atoms with van der Waals surface area (Å²) in [6, 6.07) is 3.12. The number of carboxylic acid groups (broad SMARTS) is 1. The number of nitrogens with one attached hydrogen (secondary N) is 1. The average molecular weight is 372 g/mol. The van der Waals surface area contributed by atoms with Gasteiger partial charge in [0.1, 0.15) is 13.2 Å². The Kier molecular flexibility index (Phi) is 3.96. The zero-order chi connectivity index (χ0) is 15.7. The lowest BCUT2D eigenvalue weighted by molar-refractivity contribution is -0.144. The van der Waals surface area contributed by atoms with E-state index in [1.165, 1.54) is 0 Å². The highest BCUT2D eigenvalue weighted by Gasteiger charge is 2.44. The smallest absolute Gasteiger partial charge is 0.331 e. The van der Waals surface area contributed by atoms with E-state index in [-0.39, 0.29) is 13.0 Å². The molecule has 2 heterocycles. The molecule has 7 nitrogen and oxygen atoms in total.